The van der Waals surface area contributed by atoms with Crippen LogP contribution >= 0.6 is 0 Å². The van der Waals surface area contributed by atoms with E-state index in [4.69, 9.17) is 0 Å². The molecule has 0 aliphatic rings. The zero-order valence-electron chi connectivity index (χ0n) is 12.9. The van der Waals surface area contributed by atoms with Crippen LogP contribution in [0.15, 0.2) is 36.4 Å². The highest BCUT2D eigenvalue weighted by Crippen LogP contribution is 2.57. The summed E-state index contributed by atoms with van der Waals surface area (Å²) in [7, 11) is 0. The lowest BCUT2D eigenvalue weighted by atomic mass is 9.88. The van der Waals surface area contributed by atoms with Crippen molar-refractivity contribution in [3.63, 3.8) is 0 Å². The van der Waals surface area contributed by atoms with Gasteiger partial charge in [-0.2, -0.15) is 39.5 Å². The Morgan fingerprint density at radius 2 is 1.31 bits per heavy atom. The Morgan fingerprint density at radius 3 is 1.81 bits per heavy atom. The Morgan fingerprint density at radius 1 is 0.769 bits per heavy atom. The summed E-state index contributed by atoms with van der Waals surface area (Å²) in [4.78, 5) is 0. The molecule has 1 N–H and O–H groups in total. The first-order valence-corrected chi connectivity index (χ1v) is 7.06. The Labute approximate surface area is 141 Å². The van der Waals surface area contributed by atoms with E-state index in [1.54, 1.807) is 0 Å². The van der Waals surface area contributed by atoms with Gasteiger partial charge in [0.2, 0.25) is 0 Å². The van der Waals surface area contributed by atoms with Crippen molar-refractivity contribution >= 4 is 10.8 Å². The van der Waals surface area contributed by atoms with Crippen LogP contribution in [0.3, 0.4) is 0 Å². The summed E-state index contributed by atoms with van der Waals surface area (Å²) in [6, 6.07) is 6.45. The molecule has 0 aliphatic heterocycles. The lowest BCUT2D eigenvalue weighted by Gasteiger charge is -2.35. The van der Waals surface area contributed by atoms with Crippen molar-refractivity contribution in [3.05, 3.63) is 47.5 Å². The monoisotopic (exact) mass is 390 g/mol. The summed E-state index contributed by atoms with van der Waals surface area (Å²) in [5.74, 6) is -19.7. The van der Waals surface area contributed by atoms with E-state index in [9.17, 15) is 44.6 Å². The van der Waals surface area contributed by atoms with Gasteiger partial charge in [0.05, 0.1) is 6.10 Å². The lowest BCUT2D eigenvalue weighted by molar-refractivity contribution is -0.399. The summed E-state index contributed by atoms with van der Waals surface area (Å²) in [6.07, 6.45) is -8.74. The van der Waals surface area contributed by atoms with Gasteiger partial charge in [-0.15, -0.1) is 0 Å². The normalized spacial score (nSPS) is 15.3. The summed E-state index contributed by atoms with van der Waals surface area (Å²) in [5.41, 5.74) is -2.66. The average molecular weight is 390 g/mol. The number of hydrogen-bond acceptors (Lipinski definition) is 1. The minimum atomic E-state index is -6.99. The summed E-state index contributed by atoms with van der Waals surface area (Å²) in [5, 5.41) is 9.73. The summed E-state index contributed by atoms with van der Waals surface area (Å²) < 4.78 is 119. The Hall–Kier alpha value is -1.97. The van der Waals surface area contributed by atoms with Crippen LogP contribution in [0.25, 0.3) is 10.8 Å². The van der Waals surface area contributed by atoms with E-state index < -0.39 is 41.2 Å². The largest absolute Gasteiger partial charge is 0.460 e. The standard InChI is InChI=1S/C16H11F9O/c1-8(26)12-10-5-3-2-4-9(10)6-7-11(12)13(17,18)14(19,20)15(21,22)16(23,24)25/h2-8,26H,1H3. The van der Waals surface area contributed by atoms with Crippen LogP contribution < -0.4 is 0 Å². The molecule has 2 aromatic carbocycles. The highest BCUT2D eigenvalue weighted by atomic mass is 19.4. The second-order valence-corrected chi connectivity index (χ2v) is 5.64. The molecule has 0 aliphatic carbocycles. The molecule has 10 heteroatoms. The fourth-order valence-electron chi connectivity index (χ4n) is 2.56. The van der Waals surface area contributed by atoms with Gasteiger partial charge in [-0.25, -0.2) is 0 Å². The molecule has 0 spiro atoms. The second kappa shape index (κ2) is 6.04. The van der Waals surface area contributed by atoms with Crippen LogP contribution in [0.4, 0.5) is 39.5 Å². The highest BCUT2D eigenvalue weighted by Gasteiger charge is 2.82. The van der Waals surface area contributed by atoms with Gasteiger partial charge in [0.15, 0.2) is 0 Å². The summed E-state index contributed by atoms with van der Waals surface area (Å²) in [6.45, 7) is 0.904. The summed E-state index contributed by atoms with van der Waals surface area (Å²) >= 11 is 0. The van der Waals surface area contributed by atoms with Crippen molar-refractivity contribution in [2.75, 3.05) is 0 Å². The van der Waals surface area contributed by atoms with Gasteiger partial charge in [0.1, 0.15) is 0 Å². The van der Waals surface area contributed by atoms with E-state index in [2.05, 4.69) is 0 Å². The Bertz CT molecular complexity index is 809. The van der Waals surface area contributed by atoms with Gasteiger partial charge in [0, 0.05) is 5.56 Å². The predicted octanol–water partition coefficient (Wildman–Crippen LogP) is 5.82. The topological polar surface area (TPSA) is 20.2 Å². The maximum Gasteiger partial charge on any atom is 0.460 e. The zero-order chi connectivity index (χ0) is 20.1. The maximum atomic E-state index is 14.3. The van der Waals surface area contributed by atoms with Crippen molar-refractivity contribution in [2.24, 2.45) is 0 Å². The molecule has 0 aromatic heterocycles. The van der Waals surface area contributed by atoms with E-state index in [-0.39, 0.29) is 10.8 Å². The fourth-order valence-corrected chi connectivity index (χ4v) is 2.56. The van der Waals surface area contributed by atoms with Crippen molar-refractivity contribution in [2.45, 2.75) is 37.0 Å². The van der Waals surface area contributed by atoms with E-state index in [1.807, 2.05) is 0 Å². The third-order valence-electron chi connectivity index (χ3n) is 3.87. The van der Waals surface area contributed by atoms with E-state index in [1.165, 1.54) is 18.2 Å². The molecule has 0 fully saturated rings. The molecule has 0 radical (unpaired) electrons. The first-order chi connectivity index (χ1) is 11.7. The van der Waals surface area contributed by atoms with E-state index >= 15 is 0 Å². The third kappa shape index (κ3) is 2.80. The predicted molar refractivity (Wildman–Crippen MR) is 74.4 cm³/mol. The second-order valence-electron chi connectivity index (χ2n) is 5.64. The van der Waals surface area contributed by atoms with Gasteiger partial charge in [0.25, 0.3) is 0 Å². The minimum Gasteiger partial charge on any atom is -0.389 e. The number of halogens is 9. The van der Waals surface area contributed by atoms with Crippen LogP contribution in [0.5, 0.6) is 0 Å². The molecular weight excluding hydrogens is 379 g/mol. The molecule has 0 saturated carbocycles. The first-order valence-electron chi connectivity index (χ1n) is 7.06. The molecule has 26 heavy (non-hydrogen) atoms. The number of benzene rings is 2. The van der Waals surface area contributed by atoms with Crippen molar-refractivity contribution in [1.29, 1.82) is 0 Å². The lowest BCUT2D eigenvalue weighted by Crippen LogP contribution is -2.59. The van der Waals surface area contributed by atoms with Crippen molar-refractivity contribution in [1.82, 2.24) is 0 Å². The molecule has 1 atom stereocenters. The number of aliphatic hydroxyl groups excluding tert-OH is 1. The van der Waals surface area contributed by atoms with Crippen molar-refractivity contribution < 1.29 is 44.6 Å². The van der Waals surface area contributed by atoms with Crippen LogP contribution in [-0.4, -0.2) is 23.1 Å². The number of fused-ring (bicyclic) bond motifs is 1. The van der Waals surface area contributed by atoms with E-state index in [0.717, 1.165) is 19.1 Å². The first kappa shape index (κ1) is 20.3. The fraction of sp³-hybridized carbons (Fsp3) is 0.375. The van der Waals surface area contributed by atoms with Gasteiger partial charge in [-0.05, 0) is 23.3 Å². The molecule has 1 unspecified atom stereocenters. The Balaban J connectivity index is 2.79. The van der Waals surface area contributed by atoms with Crippen molar-refractivity contribution in [3.8, 4) is 0 Å². The number of rotatable bonds is 4. The van der Waals surface area contributed by atoms with Gasteiger partial charge in [-0.3, -0.25) is 0 Å². The van der Waals surface area contributed by atoms with E-state index in [0.29, 0.717) is 6.07 Å². The van der Waals surface area contributed by atoms with Gasteiger partial charge >= 0.3 is 23.9 Å². The zero-order valence-corrected chi connectivity index (χ0v) is 12.9. The average Bonchev–Trinajstić information content (AvgIpc) is 2.51. The SMILES string of the molecule is CC(O)c1c(C(F)(F)C(F)(F)C(F)(F)C(F)(F)F)ccc2ccccc12. The maximum absolute atomic E-state index is 14.3. The molecule has 0 amide bonds. The number of aliphatic hydroxyl groups is 1. The van der Waals surface area contributed by atoms with Gasteiger partial charge in [-0.1, -0.05) is 36.4 Å². The molecule has 0 heterocycles. The Kier molecular flexibility index (Phi) is 4.72. The van der Waals surface area contributed by atoms with Gasteiger partial charge < -0.3 is 5.11 Å². The van der Waals surface area contributed by atoms with Crippen LogP contribution in [0.2, 0.25) is 0 Å². The third-order valence-corrected chi connectivity index (χ3v) is 3.87. The molecule has 1 nitrogen and oxygen atoms in total. The number of alkyl halides is 9. The quantitative estimate of drug-likeness (QED) is 0.653. The van der Waals surface area contributed by atoms with Crippen LogP contribution in [-0.2, 0) is 5.92 Å². The van der Waals surface area contributed by atoms with Crippen LogP contribution in [0, 0.1) is 0 Å². The number of hydrogen-bond donors (Lipinski definition) is 1. The smallest absolute Gasteiger partial charge is 0.389 e. The minimum absolute atomic E-state index is 0.175. The highest BCUT2D eigenvalue weighted by molar-refractivity contribution is 5.87. The molecule has 2 rings (SSSR count). The molecule has 0 saturated heterocycles. The molecule has 0 bridgehead atoms. The van der Waals surface area contributed by atoms with Crippen LogP contribution in [0.1, 0.15) is 24.2 Å². The molecule has 144 valence electrons. The molecular formula is C16H11F9O. The molecule has 2 aromatic rings.